The zero-order valence-electron chi connectivity index (χ0n) is 12.9. The predicted octanol–water partition coefficient (Wildman–Crippen LogP) is 1.52. The molecule has 1 saturated heterocycles. The summed E-state index contributed by atoms with van der Waals surface area (Å²) in [7, 11) is 0. The van der Waals surface area contributed by atoms with Crippen LogP contribution in [-0.2, 0) is 16.0 Å². The first kappa shape index (κ1) is 16.3. The summed E-state index contributed by atoms with van der Waals surface area (Å²) in [6.07, 6.45) is 1.77. The van der Waals surface area contributed by atoms with Crippen LogP contribution in [0, 0.1) is 5.92 Å². The number of amides is 3. The first-order valence-corrected chi connectivity index (χ1v) is 7.59. The number of nitrogens with one attached hydrogen (secondary N) is 3. The highest BCUT2D eigenvalue weighted by molar-refractivity contribution is 5.88. The summed E-state index contributed by atoms with van der Waals surface area (Å²) in [5, 5.41) is 8.43. The molecule has 1 aromatic carbocycles. The topological polar surface area (TPSA) is 79.5 Å². The molecule has 6 nitrogen and oxygen atoms in total. The van der Waals surface area contributed by atoms with Gasteiger partial charge in [0.05, 0.1) is 6.61 Å². The van der Waals surface area contributed by atoms with Gasteiger partial charge in [0.1, 0.15) is 0 Å². The van der Waals surface area contributed by atoms with E-state index in [1.807, 2.05) is 24.3 Å². The summed E-state index contributed by atoms with van der Waals surface area (Å²) in [5.41, 5.74) is 1.89. The normalized spacial score (nSPS) is 17.0. The SMILES string of the molecule is CC(=O)Nc1ccc(CCNC(=O)NC[C@H]2CCOC2)cc1. The van der Waals surface area contributed by atoms with Gasteiger partial charge in [0, 0.05) is 38.2 Å². The van der Waals surface area contributed by atoms with E-state index < -0.39 is 0 Å². The van der Waals surface area contributed by atoms with Gasteiger partial charge in [-0.25, -0.2) is 4.79 Å². The maximum absolute atomic E-state index is 11.7. The molecule has 120 valence electrons. The highest BCUT2D eigenvalue weighted by Gasteiger charge is 2.15. The summed E-state index contributed by atoms with van der Waals surface area (Å²) in [4.78, 5) is 22.6. The van der Waals surface area contributed by atoms with Crippen LogP contribution in [0.3, 0.4) is 0 Å². The van der Waals surface area contributed by atoms with Crippen LogP contribution < -0.4 is 16.0 Å². The van der Waals surface area contributed by atoms with Crippen molar-refractivity contribution >= 4 is 17.6 Å². The Labute approximate surface area is 130 Å². The summed E-state index contributed by atoms with van der Waals surface area (Å²) >= 11 is 0. The lowest BCUT2D eigenvalue weighted by Crippen LogP contribution is -2.39. The monoisotopic (exact) mass is 305 g/mol. The van der Waals surface area contributed by atoms with E-state index in [4.69, 9.17) is 4.74 Å². The second-order valence-corrected chi connectivity index (χ2v) is 5.49. The Hall–Kier alpha value is -2.08. The smallest absolute Gasteiger partial charge is 0.314 e. The molecule has 22 heavy (non-hydrogen) atoms. The molecule has 0 radical (unpaired) electrons. The molecule has 0 unspecified atom stereocenters. The lowest BCUT2D eigenvalue weighted by molar-refractivity contribution is -0.114. The highest BCUT2D eigenvalue weighted by atomic mass is 16.5. The third-order valence-electron chi connectivity index (χ3n) is 3.55. The van der Waals surface area contributed by atoms with Crippen molar-refractivity contribution in [2.45, 2.75) is 19.8 Å². The van der Waals surface area contributed by atoms with Gasteiger partial charge < -0.3 is 20.7 Å². The summed E-state index contributed by atoms with van der Waals surface area (Å²) in [6, 6.07) is 7.47. The second kappa shape index (κ2) is 8.38. The van der Waals surface area contributed by atoms with E-state index in [0.717, 1.165) is 37.3 Å². The number of carbonyl (C=O) groups excluding carboxylic acids is 2. The van der Waals surface area contributed by atoms with E-state index >= 15 is 0 Å². The number of anilines is 1. The molecule has 6 heteroatoms. The minimum Gasteiger partial charge on any atom is -0.381 e. The number of ether oxygens (including phenoxy) is 1. The third kappa shape index (κ3) is 5.73. The molecule has 0 bridgehead atoms. The molecule has 0 aromatic heterocycles. The van der Waals surface area contributed by atoms with Gasteiger partial charge in [0.2, 0.25) is 5.91 Å². The Bertz CT molecular complexity index is 496. The fourth-order valence-corrected chi connectivity index (χ4v) is 2.32. The number of benzene rings is 1. The molecule has 1 aliphatic heterocycles. The number of urea groups is 1. The first-order chi connectivity index (χ1) is 10.6. The molecular weight excluding hydrogens is 282 g/mol. The van der Waals surface area contributed by atoms with Crippen LogP contribution in [0.5, 0.6) is 0 Å². The molecule has 1 aliphatic rings. The van der Waals surface area contributed by atoms with Crippen molar-refractivity contribution in [2.75, 3.05) is 31.6 Å². The number of carbonyl (C=O) groups is 2. The van der Waals surface area contributed by atoms with Crippen LogP contribution in [-0.4, -0.2) is 38.2 Å². The van der Waals surface area contributed by atoms with Crippen LogP contribution in [0.1, 0.15) is 18.9 Å². The van der Waals surface area contributed by atoms with Crippen molar-refractivity contribution in [3.05, 3.63) is 29.8 Å². The minimum atomic E-state index is -0.137. The summed E-state index contributed by atoms with van der Waals surface area (Å²) < 4.78 is 5.26. The molecular formula is C16H23N3O3. The maximum atomic E-state index is 11.7. The van der Waals surface area contributed by atoms with Crippen LogP contribution in [0.2, 0.25) is 0 Å². The fraction of sp³-hybridized carbons (Fsp3) is 0.500. The number of hydrogen-bond acceptors (Lipinski definition) is 3. The van der Waals surface area contributed by atoms with Crippen molar-refractivity contribution in [2.24, 2.45) is 5.92 Å². The zero-order valence-corrected chi connectivity index (χ0v) is 12.9. The van der Waals surface area contributed by atoms with E-state index in [1.165, 1.54) is 6.92 Å². The Morgan fingerprint density at radius 1 is 1.23 bits per heavy atom. The predicted molar refractivity (Wildman–Crippen MR) is 84.8 cm³/mol. The molecule has 1 aromatic rings. The van der Waals surface area contributed by atoms with E-state index in [1.54, 1.807) is 0 Å². The Kier molecular flexibility index (Phi) is 6.21. The van der Waals surface area contributed by atoms with Gasteiger partial charge >= 0.3 is 6.03 Å². The van der Waals surface area contributed by atoms with Crippen LogP contribution in [0.15, 0.2) is 24.3 Å². The fourth-order valence-electron chi connectivity index (χ4n) is 2.32. The summed E-state index contributed by atoms with van der Waals surface area (Å²) in [6.45, 7) is 4.25. The lowest BCUT2D eigenvalue weighted by Gasteiger charge is -2.11. The minimum absolute atomic E-state index is 0.0845. The van der Waals surface area contributed by atoms with Crippen LogP contribution >= 0.6 is 0 Å². The van der Waals surface area contributed by atoms with Gasteiger partial charge in [-0.2, -0.15) is 0 Å². The maximum Gasteiger partial charge on any atom is 0.314 e. The Morgan fingerprint density at radius 3 is 2.64 bits per heavy atom. The van der Waals surface area contributed by atoms with Crippen molar-refractivity contribution in [3.63, 3.8) is 0 Å². The second-order valence-electron chi connectivity index (χ2n) is 5.49. The van der Waals surface area contributed by atoms with Crippen molar-refractivity contribution in [1.82, 2.24) is 10.6 Å². The van der Waals surface area contributed by atoms with Gasteiger partial charge in [-0.15, -0.1) is 0 Å². The largest absolute Gasteiger partial charge is 0.381 e. The average Bonchev–Trinajstić information content (AvgIpc) is 3.00. The number of hydrogen-bond donors (Lipinski definition) is 3. The Balaban J connectivity index is 1.62. The summed E-state index contributed by atoms with van der Waals surface area (Å²) in [5.74, 6) is 0.353. The average molecular weight is 305 g/mol. The van der Waals surface area contributed by atoms with Crippen molar-refractivity contribution in [3.8, 4) is 0 Å². The van der Waals surface area contributed by atoms with Crippen LogP contribution in [0.4, 0.5) is 10.5 Å². The highest BCUT2D eigenvalue weighted by Crippen LogP contribution is 2.11. The van der Waals surface area contributed by atoms with Crippen molar-refractivity contribution < 1.29 is 14.3 Å². The lowest BCUT2D eigenvalue weighted by atomic mass is 10.1. The van der Waals surface area contributed by atoms with Gasteiger partial charge in [-0.05, 0) is 30.5 Å². The molecule has 1 heterocycles. The van der Waals surface area contributed by atoms with Crippen molar-refractivity contribution in [1.29, 1.82) is 0 Å². The molecule has 1 fully saturated rings. The van der Waals surface area contributed by atoms with Gasteiger partial charge in [0.15, 0.2) is 0 Å². The van der Waals surface area contributed by atoms with E-state index in [2.05, 4.69) is 16.0 Å². The van der Waals surface area contributed by atoms with Gasteiger partial charge in [-0.1, -0.05) is 12.1 Å². The van der Waals surface area contributed by atoms with Crippen LogP contribution in [0.25, 0.3) is 0 Å². The van der Waals surface area contributed by atoms with E-state index in [9.17, 15) is 9.59 Å². The van der Waals surface area contributed by atoms with Gasteiger partial charge in [-0.3, -0.25) is 4.79 Å². The zero-order chi connectivity index (χ0) is 15.8. The van der Waals surface area contributed by atoms with Gasteiger partial charge in [0.25, 0.3) is 0 Å². The third-order valence-corrected chi connectivity index (χ3v) is 3.55. The van der Waals surface area contributed by atoms with E-state index in [0.29, 0.717) is 19.0 Å². The first-order valence-electron chi connectivity index (χ1n) is 7.59. The standard InChI is InChI=1S/C16H23N3O3/c1-12(20)19-15-4-2-13(3-5-15)6-8-17-16(21)18-10-14-7-9-22-11-14/h2-5,14H,6-11H2,1H3,(H,19,20)(H2,17,18,21)/t14-/m1/s1. The molecule has 3 N–H and O–H groups in total. The Morgan fingerprint density at radius 2 is 2.00 bits per heavy atom. The molecule has 1 atom stereocenters. The molecule has 3 amide bonds. The molecule has 0 aliphatic carbocycles. The van der Waals surface area contributed by atoms with E-state index in [-0.39, 0.29) is 11.9 Å². The molecule has 0 spiro atoms. The number of rotatable bonds is 6. The quantitative estimate of drug-likeness (QED) is 0.745. The molecule has 2 rings (SSSR count). The molecule has 0 saturated carbocycles.